The number of carbonyl (C=O) groups excluding carboxylic acids is 2. The van der Waals surface area contributed by atoms with Crippen LogP contribution in [0.3, 0.4) is 0 Å². The molecule has 236 valence electrons. The van der Waals surface area contributed by atoms with Crippen molar-refractivity contribution in [2.45, 2.75) is 32.0 Å². The number of aromatic amines is 1. The van der Waals surface area contributed by atoms with Crippen molar-refractivity contribution in [2.75, 3.05) is 11.1 Å². The molecule has 1 aliphatic carbocycles. The van der Waals surface area contributed by atoms with Gasteiger partial charge < -0.3 is 21.7 Å². The van der Waals surface area contributed by atoms with Gasteiger partial charge >= 0.3 is 11.5 Å². The van der Waals surface area contributed by atoms with Gasteiger partial charge in [-0.1, -0.05) is 41.6 Å². The molecule has 0 bridgehead atoms. The lowest BCUT2D eigenvalue weighted by Crippen LogP contribution is -2.36. The maximum absolute atomic E-state index is 13.5. The Balaban J connectivity index is 1.06. The molecule has 0 radical (unpaired) electrons. The van der Waals surface area contributed by atoms with E-state index in [4.69, 9.17) is 10.3 Å². The normalized spacial score (nSPS) is 13.9. The summed E-state index contributed by atoms with van der Waals surface area (Å²) in [5, 5.41) is 15.8. The Hall–Kier alpha value is -6.65. The van der Waals surface area contributed by atoms with Gasteiger partial charge in [0.2, 0.25) is 0 Å². The number of nitrogens with zero attached hydrogens (tertiary/aromatic N) is 4. The van der Waals surface area contributed by atoms with Crippen LogP contribution in [0.25, 0.3) is 17.2 Å². The van der Waals surface area contributed by atoms with Gasteiger partial charge in [0.25, 0.3) is 28.4 Å². The molecular formula is C30H23N9O8. The third kappa shape index (κ3) is 5.34. The molecule has 3 aromatic heterocycles. The molecule has 17 nitrogen and oxygen atoms in total. The highest BCUT2D eigenvalue weighted by Gasteiger charge is 2.28. The van der Waals surface area contributed by atoms with E-state index < -0.39 is 40.2 Å². The van der Waals surface area contributed by atoms with E-state index in [1.165, 1.54) is 6.07 Å². The summed E-state index contributed by atoms with van der Waals surface area (Å²) in [4.78, 5) is 80.0. The summed E-state index contributed by atoms with van der Waals surface area (Å²) in [6.45, 7) is 0.307. The van der Waals surface area contributed by atoms with E-state index in [0.29, 0.717) is 24.0 Å². The lowest BCUT2D eigenvalue weighted by atomic mass is 10.0. The summed E-state index contributed by atoms with van der Waals surface area (Å²) < 4.78 is 10.2. The van der Waals surface area contributed by atoms with Crippen molar-refractivity contribution in [2.24, 2.45) is 0 Å². The number of benzene rings is 2. The minimum Gasteiger partial charge on any atom is -0.394 e. The fraction of sp³-hybridized carbons (Fsp3) is 0.167. The molecule has 0 saturated carbocycles. The number of aromatic nitrogens is 5. The van der Waals surface area contributed by atoms with Crippen LogP contribution in [0.1, 0.15) is 55.7 Å². The van der Waals surface area contributed by atoms with Gasteiger partial charge in [-0.15, -0.1) is 0 Å². The second-order valence-corrected chi connectivity index (χ2v) is 10.8. The van der Waals surface area contributed by atoms with E-state index in [-0.39, 0.29) is 47.5 Å². The maximum Gasteiger partial charge on any atom is 0.448 e. The standard InChI is InChI=1S/C30H23N9O8/c31-21-22(24(41)23(21)40)32-11-13-2-1-3-14(8-13)12-33-26(42)19-10-20(39-28(35-19)38-47-30(39)45)27(43)34-18-7-5-15-9-16(4-6-17(15)18)25-36-29(44)46-37-25/h1-4,6,8-10,18,32H,5,7,11-12,31H2,(H,33,42)(H,34,43)(H,36,37,44)/t18-/m0/s1. The van der Waals surface area contributed by atoms with Crippen LogP contribution >= 0.6 is 0 Å². The molecule has 0 aliphatic heterocycles. The van der Waals surface area contributed by atoms with Crippen LogP contribution in [0.5, 0.6) is 0 Å². The Morgan fingerprint density at radius 1 is 0.957 bits per heavy atom. The van der Waals surface area contributed by atoms with E-state index >= 15 is 0 Å². The number of rotatable bonds is 9. The van der Waals surface area contributed by atoms with Crippen molar-refractivity contribution in [1.82, 2.24) is 35.3 Å². The van der Waals surface area contributed by atoms with Gasteiger partial charge in [-0.05, 0) is 52.4 Å². The Morgan fingerprint density at radius 2 is 1.77 bits per heavy atom. The molecular weight excluding hydrogens is 614 g/mol. The van der Waals surface area contributed by atoms with Crippen LogP contribution in [-0.2, 0) is 19.5 Å². The quantitative estimate of drug-likeness (QED) is 0.133. The van der Waals surface area contributed by atoms with Crippen LogP contribution in [0.15, 0.2) is 76.8 Å². The van der Waals surface area contributed by atoms with Crippen LogP contribution in [-0.4, -0.2) is 36.5 Å². The Kier molecular flexibility index (Phi) is 7.03. The van der Waals surface area contributed by atoms with Crippen LogP contribution in [0.2, 0.25) is 0 Å². The Labute approximate surface area is 261 Å². The molecule has 3 aromatic carbocycles. The highest BCUT2D eigenvalue weighted by Crippen LogP contribution is 2.33. The highest BCUT2D eigenvalue weighted by atomic mass is 16.5. The summed E-state index contributed by atoms with van der Waals surface area (Å²) in [6, 6.07) is 13.3. The molecule has 0 spiro atoms. The molecule has 3 heterocycles. The first-order valence-corrected chi connectivity index (χ1v) is 14.2. The highest BCUT2D eigenvalue weighted by molar-refractivity contribution is 5.98. The monoisotopic (exact) mass is 637 g/mol. The number of nitrogen functional groups attached to an aromatic ring is 1. The van der Waals surface area contributed by atoms with Gasteiger partial charge in [-0.2, -0.15) is 0 Å². The first-order valence-electron chi connectivity index (χ1n) is 14.2. The maximum atomic E-state index is 13.5. The van der Waals surface area contributed by atoms with Gasteiger partial charge in [0.15, 0.2) is 5.82 Å². The summed E-state index contributed by atoms with van der Waals surface area (Å²) in [5.74, 6) is -2.88. The van der Waals surface area contributed by atoms with Crippen LogP contribution in [0, 0.1) is 0 Å². The van der Waals surface area contributed by atoms with Crippen molar-refractivity contribution >= 4 is 29.0 Å². The third-order valence-corrected chi connectivity index (χ3v) is 7.89. The van der Waals surface area contributed by atoms with Gasteiger partial charge in [-0.3, -0.25) is 33.2 Å². The predicted molar refractivity (Wildman–Crippen MR) is 163 cm³/mol. The summed E-state index contributed by atoms with van der Waals surface area (Å²) in [6.07, 6.45) is 1.19. The first kappa shape index (κ1) is 29.1. The second-order valence-electron chi connectivity index (χ2n) is 10.8. The summed E-state index contributed by atoms with van der Waals surface area (Å²) >= 11 is 0. The summed E-state index contributed by atoms with van der Waals surface area (Å²) in [7, 11) is 0. The number of H-pyrrole nitrogens is 1. The zero-order valence-corrected chi connectivity index (χ0v) is 24.2. The van der Waals surface area contributed by atoms with Crippen LogP contribution in [0.4, 0.5) is 11.4 Å². The number of nitrogens with one attached hydrogen (secondary N) is 4. The number of hydrogen-bond acceptors (Lipinski definition) is 13. The minimum absolute atomic E-state index is 0.0785. The van der Waals surface area contributed by atoms with Crippen molar-refractivity contribution in [3.8, 4) is 11.4 Å². The molecule has 47 heavy (non-hydrogen) atoms. The van der Waals surface area contributed by atoms with E-state index in [1.807, 2.05) is 12.1 Å². The zero-order valence-electron chi connectivity index (χ0n) is 24.2. The van der Waals surface area contributed by atoms with E-state index in [1.54, 1.807) is 30.3 Å². The second kappa shape index (κ2) is 11.4. The Morgan fingerprint density at radius 3 is 2.53 bits per heavy atom. The lowest BCUT2D eigenvalue weighted by molar-refractivity contribution is 0.0929. The fourth-order valence-electron chi connectivity index (χ4n) is 5.54. The average molecular weight is 638 g/mol. The summed E-state index contributed by atoms with van der Waals surface area (Å²) in [5.41, 5.74) is 7.71. The molecule has 1 aliphatic rings. The van der Waals surface area contributed by atoms with Gasteiger partial charge in [0.1, 0.15) is 22.8 Å². The number of amides is 2. The molecule has 7 rings (SSSR count). The smallest absolute Gasteiger partial charge is 0.394 e. The van der Waals surface area contributed by atoms with Crippen molar-refractivity contribution in [3.05, 3.63) is 124 Å². The fourth-order valence-corrected chi connectivity index (χ4v) is 5.54. The number of aryl methyl sites for hydroxylation is 1. The molecule has 6 N–H and O–H groups in total. The van der Waals surface area contributed by atoms with Crippen molar-refractivity contribution < 1.29 is 18.6 Å². The number of anilines is 2. The SMILES string of the molecule is Nc1c(NCc2cccc(CNC(=O)c3cc(C(=O)N[C@H]4CCc5cc(-c6noc(=O)[nH]6)ccc54)n4c(=O)onc4n3)c2)c(=O)c1=O. The molecule has 0 saturated heterocycles. The zero-order chi connectivity index (χ0) is 32.8. The lowest BCUT2D eigenvalue weighted by Gasteiger charge is -2.15. The molecule has 2 amide bonds. The van der Waals surface area contributed by atoms with E-state index in [0.717, 1.165) is 21.1 Å². The minimum atomic E-state index is -0.946. The largest absolute Gasteiger partial charge is 0.448 e. The Bertz CT molecular complexity index is 2410. The molecule has 17 heteroatoms. The van der Waals surface area contributed by atoms with E-state index in [9.17, 15) is 28.8 Å². The number of fused-ring (bicyclic) bond motifs is 2. The first-order chi connectivity index (χ1) is 22.7. The van der Waals surface area contributed by atoms with Gasteiger partial charge in [0, 0.05) is 18.7 Å². The number of nitrogens with two attached hydrogens (primary N) is 1. The number of carbonyl (C=O) groups is 2. The van der Waals surface area contributed by atoms with Crippen molar-refractivity contribution in [1.29, 1.82) is 0 Å². The van der Waals surface area contributed by atoms with Crippen LogP contribution < -0.4 is 44.1 Å². The molecule has 0 fully saturated rings. The van der Waals surface area contributed by atoms with Crippen molar-refractivity contribution in [3.63, 3.8) is 0 Å². The van der Waals surface area contributed by atoms with Gasteiger partial charge in [0.05, 0.1) is 6.04 Å². The van der Waals surface area contributed by atoms with E-state index in [2.05, 4.69) is 40.8 Å². The average Bonchev–Trinajstić information content (AvgIpc) is 3.81. The molecule has 0 unspecified atom stereocenters. The molecule has 6 aromatic rings. The topological polar surface area (TPSA) is 250 Å². The third-order valence-electron chi connectivity index (χ3n) is 7.89. The molecule has 1 atom stereocenters. The predicted octanol–water partition coefficient (Wildman–Crippen LogP) is 0.163. The van der Waals surface area contributed by atoms with Gasteiger partial charge in [-0.25, -0.2) is 19.0 Å². The number of hydrogen-bond donors (Lipinski definition) is 5.